The molecular formula is C38H48FN7O3. The van der Waals surface area contributed by atoms with Crippen molar-refractivity contribution in [2.75, 3.05) is 19.6 Å². The minimum atomic E-state index is -0.616. The average molecular weight is 670 g/mol. The van der Waals surface area contributed by atoms with Gasteiger partial charge in [0.2, 0.25) is 11.8 Å². The van der Waals surface area contributed by atoms with Crippen LogP contribution in [-0.2, 0) is 11.2 Å². The zero-order valence-corrected chi connectivity index (χ0v) is 28.7. The topological polar surface area (TPSA) is 120 Å². The molecule has 260 valence electrons. The quantitative estimate of drug-likeness (QED) is 0.222. The lowest BCUT2D eigenvalue weighted by atomic mass is 9.90. The number of ether oxygens (including phenoxy) is 1. The van der Waals surface area contributed by atoms with E-state index in [1.807, 2.05) is 25.1 Å². The third-order valence-corrected chi connectivity index (χ3v) is 9.61. The van der Waals surface area contributed by atoms with Gasteiger partial charge in [-0.25, -0.2) is 9.37 Å². The molecule has 6 rings (SSSR count). The number of carbonyl (C=O) groups is 2. The molecule has 0 bridgehead atoms. The van der Waals surface area contributed by atoms with Crippen LogP contribution in [0.3, 0.4) is 0 Å². The highest BCUT2D eigenvalue weighted by molar-refractivity contribution is 5.96. The highest BCUT2D eigenvalue weighted by Crippen LogP contribution is 2.29. The zero-order valence-electron chi connectivity index (χ0n) is 28.7. The number of aromatic nitrogens is 1. The summed E-state index contributed by atoms with van der Waals surface area (Å²) >= 11 is 0. The zero-order chi connectivity index (χ0) is 34.3. The number of piperazine rings is 1. The fraction of sp³-hybridized carbons (Fsp3) is 0.474. The summed E-state index contributed by atoms with van der Waals surface area (Å²) < 4.78 is 20.4. The number of amides is 2. The largest absolute Gasteiger partial charge is 0.438 e. The van der Waals surface area contributed by atoms with E-state index in [-0.39, 0.29) is 35.5 Å². The van der Waals surface area contributed by atoms with Crippen molar-refractivity contribution in [1.29, 1.82) is 0 Å². The van der Waals surface area contributed by atoms with Gasteiger partial charge < -0.3 is 25.6 Å². The molecule has 11 heteroatoms. The number of benzene rings is 2. The van der Waals surface area contributed by atoms with Crippen LogP contribution in [0.15, 0.2) is 65.9 Å². The second-order valence-electron chi connectivity index (χ2n) is 13.9. The molecule has 2 amide bonds. The van der Waals surface area contributed by atoms with Gasteiger partial charge in [0.05, 0.1) is 6.20 Å². The summed E-state index contributed by atoms with van der Waals surface area (Å²) in [5, 5.41) is 13.8. The first-order valence-corrected chi connectivity index (χ1v) is 17.6. The van der Waals surface area contributed by atoms with E-state index in [0.29, 0.717) is 37.1 Å². The molecule has 3 heterocycles. The third-order valence-electron chi connectivity index (χ3n) is 9.61. The molecule has 49 heavy (non-hydrogen) atoms. The van der Waals surface area contributed by atoms with Crippen LogP contribution < -0.4 is 26.1 Å². The number of rotatable bonds is 11. The average Bonchev–Trinajstić information content (AvgIpc) is 3.53. The Morgan fingerprint density at radius 2 is 1.67 bits per heavy atom. The van der Waals surface area contributed by atoms with E-state index >= 15 is 0 Å². The van der Waals surface area contributed by atoms with E-state index in [0.717, 1.165) is 74.4 Å². The number of pyridine rings is 1. The predicted molar refractivity (Wildman–Crippen MR) is 189 cm³/mol. The summed E-state index contributed by atoms with van der Waals surface area (Å²) in [6.07, 6.45) is 6.67. The first-order chi connectivity index (χ1) is 23.7. The molecule has 2 aromatic carbocycles. The number of hydrazone groups is 1. The smallest absolute Gasteiger partial charge is 0.257 e. The summed E-state index contributed by atoms with van der Waals surface area (Å²) in [7, 11) is 0. The normalized spacial score (nSPS) is 24.1. The number of halogens is 1. The molecule has 2 aliphatic heterocycles. The van der Waals surface area contributed by atoms with Crippen LogP contribution in [0.25, 0.3) is 11.1 Å². The van der Waals surface area contributed by atoms with Gasteiger partial charge in [-0.3, -0.25) is 15.0 Å². The van der Waals surface area contributed by atoms with Gasteiger partial charge in [0.1, 0.15) is 23.2 Å². The van der Waals surface area contributed by atoms with E-state index in [1.165, 1.54) is 5.56 Å². The standard InChI is InChI=1S/C38H48FN7O3/c1-24-18-35(45-44-24)37(48)43-32-15-13-31(14-16-32)42-36(47)34-20-30(39)21-40-38(34)49-33-8-4-7-29(19-33)28-11-9-27(10-12-28)6-5-17-46-22-25(2)41-26(3)23-46/h4,7-12,19-21,25-26,31-32,35,41,45H,5-6,13-18,22-23H2,1-3H3,(H,42,47)(H,43,48)/t25-,26+,31?,32?,35?. The van der Waals surface area contributed by atoms with Gasteiger partial charge in [-0.2, -0.15) is 5.10 Å². The molecular weight excluding hydrogens is 621 g/mol. The summed E-state index contributed by atoms with van der Waals surface area (Å²) in [6, 6.07) is 18.0. The lowest BCUT2D eigenvalue weighted by Gasteiger charge is -2.36. The number of aryl methyl sites for hydroxylation is 1. The first-order valence-electron chi connectivity index (χ1n) is 17.6. The summed E-state index contributed by atoms with van der Waals surface area (Å²) in [6.45, 7) is 9.69. The Bertz CT molecular complexity index is 1630. The van der Waals surface area contributed by atoms with Crippen molar-refractivity contribution in [3.05, 3.63) is 77.7 Å². The number of hydrogen-bond donors (Lipinski definition) is 4. The molecule has 1 aromatic heterocycles. The maximum atomic E-state index is 14.3. The monoisotopic (exact) mass is 669 g/mol. The van der Waals surface area contributed by atoms with E-state index in [1.54, 1.807) is 6.07 Å². The number of nitrogens with zero attached hydrogens (tertiary/aromatic N) is 3. The second-order valence-corrected chi connectivity index (χ2v) is 13.9. The van der Waals surface area contributed by atoms with Gasteiger partial charge in [-0.15, -0.1) is 0 Å². The van der Waals surface area contributed by atoms with Crippen molar-refractivity contribution >= 4 is 17.5 Å². The van der Waals surface area contributed by atoms with Crippen LogP contribution in [0.4, 0.5) is 4.39 Å². The lowest BCUT2D eigenvalue weighted by Crippen LogP contribution is -2.54. The van der Waals surface area contributed by atoms with Gasteiger partial charge in [-0.05, 0) is 101 Å². The molecule has 3 atom stereocenters. The van der Waals surface area contributed by atoms with Crippen molar-refractivity contribution in [3.8, 4) is 22.8 Å². The minimum absolute atomic E-state index is 0.0389. The summed E-state index contributed by atoms with van der Waals surface area (Å²) in [5.41, 5.74) is 7.16. The number of nitrogens with one attached hydrogen (secondary N) is 4. The van der Waals surface area contributed by atoms with Crippen molar-refractivity contribution in [3.63, 3.8) is 0 Å². The molecule has 3 aromatic rings. The summed E-state index contributed by atoms with van der Waals surface area (Å²) in [5.74, 6) is -0.562. The molecule has 3 aliphatic rings. The van der Waals surface area contributed by atoms with Crippen LogP contribution in [0, 0.1) is 5.82 Å². The Morgan fingerprint density at radius 1 is 0.959 bits per heavy atom. The van der Waals surface area contributed by atoms with Crippen LogP contribution in [0.2, 0.25) is 0 Å². The minimum Gasteiger partial charge on any atom is -0.438 e. The van der Waals surface area contributed by atoms with Gasteiger partial charge in [0.25, 0.3) is 5.91 Å². The van der Waals surface area contributed by atoms with Crippen LogP contribution in [0.1, 0.15) is 75.2 Å². The van der Waals surface area contributed by atoms with E-state index < -0.39 is 11.7 Å². The maximum absolute atomic E-state index is 14.3. The molecule has 10 nitrogen and oxygen atoms in total. The third kappa shape index (κ3) is 9.42. The maximum Gasteiger partial charge on any atom is 0.257 e. The molecule has 1 saturated heterocycles. The van der Waals surface area contributed by atoms with Gasteiger partial charge >= 0.3 is 0 Å². The SMILES string of the molecule is CC1=NNC(C(=O)NC2CCC(NC(=O)c3cc(F)cnc3Oc3cccc(-c4ccc(CCCN5C[C@@H](C)N[C@@H](C)C5)cc4)c3)CC2)C1. The van der Waals surface area contributed by atoms with Gasteiger partial charge in [0, 0.05) is 49.4 Å². The van der Waals surface area contributed by atoms with E-state index in [9.17, 15) is 14.0 Å². The Kier molecular flexibility index (Phi) is 11.2. The Labute approximate surface area is 288 Å². The molecule has 1 saturated carbocycles. The van der Waals surface area contributed by atoms with Crippen molar-refractivity contribution in [2.24, 2.45) is 5.10 Å². The Balaban J connectivity index is 1.02. The fourth-order valence-electron chi connectivity index (χ4n) is 7.19. The van der Waals surface area contributed by atoms with Crippen LogP contribution >= 0.6 is 0 Å². The lowest BCUT2D eigenvalue weighted by molar-refractivity contribution is -0.123. The molecule has 0 radical (unpaired) electrons. The van der Waals surface area contributed by atoms with Crippen LogP contribution in [-0.4, -0.2) is 77.3 Å². The number of carbonyl (C=O) groups excluding carboxylic acids is 2. The molecule has 0 spiro atoms. The van der Waals surface area contributed by atoms with Crippen molar-refractivity contribution in [2.45, 2.75) is 95.9 Å². The fourth-order valence-corrected chi connectivity index (χ4v) is 7.19. The van der Waals surface area contributed by atoms with Gasteiger partial charge in [-0.1, -0.05) is 36.4 Å². The van der Waals surface area contributed by atoms with Crippen molar-refractivity contribution in [1.82, 2.24) is 31.3 Å². The predicted octanol–water partition coefficient (Wildman–Crippen LogP) is 5.19. The van der Waals surface area contributed by atoms with Crippen LogP contribution in [0.5, 0.6) is 11.6 Å². The second kappa shape index (κ2) is 15.9. The van der Waals surface area contributed by atoms with E-state index in [4.69, 9.17) is 4.74 Å². The van der Waals surface area contributed by atoms with E-state index in [2.05, 4.69) is 74.5 Å². The molecule has 1 aliphatic carbocycles. The number of hydrogen-bond acceptors (Lipinski definition) is 8. The highest BCUT2D eigenvalue weighted by atomic mass is 19.1. The highest BCUT2D eigenvalue weighted by Gasteiger charge is 2.29. The molecule has 2 fully saturated rings. The molecule has 1 unspecified atom stereocenters. The Hall–Kier alpha value is -4.35. The van der Waals surface area contributed by atoms with Gasteiger partial charge in [0.15, 0.2) is 0 Å². The first kappa shape index (κ1) is 34.5. The molecule has 4 N–H and O–H groups in total. The Morgan fingerprint density at radius 3 is 2.37 bits per heavy atom. The van der Waals surface area contributed by atoms with Crippen molar-refractivity contribution < 1.29 is 18.7 Å². The summed E-state index contributed by atoms with van der Waals surface area (Å²) in [4.78, 5) is 32.6.